The van der Waals surface area contributed by atoms with E-state index in [4.69, 9.17) is 9.47 Å². The molecule has 2 aromatic carbocycles. The number of ether oxygens (including phenoxy) is 2. The summed E-state index contributed by atoms with van der Waals surface area (Å²) in [6, 6.07) is 16.1. The minimum atomic E-state index is -0.254. The van der Waals surface area contributed by atoms with E-state index in [0.29, 0.717) is 0 Å². The first kappa shape index (κ1) is 15.9. The lowest BCUT2D eigenvalue weighted by Crippen LogP contribution is -2.24. The van der Waals surface area contributed by atoms with Gasteiger partial charge < -0.3 is 9.47 Å². The minimum absolute atomic E-state index is 0.254. The molecule has 0 aromatic heterocycles. The summed E-state index contributed by atoms with van der Waals surface area (Å²) >= 11 is 0. The van der Waals surface area contributed by atoms with Crippen LogP contribution in [0.5, 0.6) is 11.5 Å². The molecule has 0 bridgehead atoms. The molecule has 0 saturated carbocycles. The molecular formula is C18H23O2P. The molecule has 0 heterocycles. The monoisotopic (exact) mass is 302 g/mol. The quantitative estimate of drug-likeness (QED) is 0.543. The molecule has 0 fully saturated rings. The van der Waals surface area contributed by atoms with Gasteiger partial charge in [0.05, 0.1) is 0 Å². The van der Waals surface area contributed by atoms with Crippen molar-refractivity contribution in [3.8, 4) is 11.5 Å². The summed E-state index contributed by atoms with van der Waals surface area (Å²) in [5, 5.41) is 0. The fraction of sp³-hybridized carbons (Fsp3) is 0.333. The van der Waals surface area contributed by atoms with Crippen molar-refractivity contribution in [1.29, 1.82) is 0 Å². The largest absolute Gasteiger partial charge is 0.455 e. The molecule has 0 amide bonds. The van der Waals surface area contributed by atoms with Gasteiger partial charge in [-0.05, 0) is 50.7 Å². The molecule has 112 valence electrons. The molecule has 1 unspecified atom stereocenters. The van der Waals surface area contributed by atoms with Crippen LogP contribution in [0.4, 0.5) is 0 Å². The van der Waals surface area contributed by atoms with E-state index >= 15 is 0 Å². The Bertz CT molecular complexity index is 487. The fourth-order valence-electron chi connectivity index (χ4n) is 1.96. The third-order valence-corrected chi connectivity index (χ3v) is 3.63. The Kier molecular flexibility index (Phi) is 6.07. The number of rotatable bonds is 7. The highest BCUT2D eigenvalue weighted by molar-refractivity contribution is 7.16. The van der Waals surface area contributed by atoms with Gasteiger partial charge in [-0.25, -0.2) is 0 Å². The van der Waals surface area contributed by atoms with Gasteiger partial charge in [-0.1, -0.05) is 35.4 Å². The zero-order valence-corrected chi connectivity index (χ0v) is 13.9. The molecule has 0 aliphatic carbocycles. The lowest BCUT2D eigenvalue weighted by Gasteiger charge is -2.20. The lowest BCUT2D eigenvalue weighted by atomic mass is 10.2. The van der Waals surface area contributed by atoms with Gasteiger partial charge in [0.2, 0.25) is 6.29 Å². The maximum atomic E-state index is 5.97. The second-order valence-electron chi connectivity index (χ2n) is 5.22. The Hall–Kier alpha value is -1.53. The molecule has 21 heavy (non-hydrogen) atoms. The minimum Gasteiger partial charge on any atom is -0.455 e. The molecule has 0 N–H and O–H groups in total. The summed E-state index contributed by atoms with van der Waals surface area (Å²) in [6.07, 6.45) is 2.71. The Morgan fingerprint density at radius 1 is 0.810 bits per heavy atom. The highest BCUT2D eigenvalue weighted by Gasteiger charge is 2.12. The van der Waals surface area contributed by atoms with Gasteiger partial charge in [-0.3, -0.25) is 0 Å². The average molecular weight is 302 g/mol. The van der Waals surface area contributed by atoms with Crippen LogP contribution in [0, 0.1) is 13.8 Å². The Morgan fingerprint density at radius 2 is 1.24 bits per heavy atom. The smallest absolute Gasteiger partial charge is 0.241 e. The molecule has 0 radical (unpaired) electrons. The second kappa shape index (κ2) is 8.05. The zero-order chi connectivity index (χ0) is 15.1. The van der Waals surface area contributed by atoms with Crippen molar-refractivity contribution in [2.75, 3.05) is 6.16 Å². The van der Waals surface area contributed by atoms with Crippen LogP contribution < -0.4 is 9.47 Å². The van der Waals surface area contributed by atoms with Crippen LogP contribution in [0.1, 0.15) is 24.0 Å². The standard InChI is InChI=1S/C18H23O2P/c1-14-5-9-16(10-6-14)19-18(4-3-13-21)20-17-11-7-15(2)8-12-17/h5-12,18H,3-4,13,21H2,1-2H3. The lowest BCUT2D eigenvalue weighted by molar-refractivity contribution is -0.000848. The number of benzene rings is 2. The average Bonchev–Trinajstić information content (AvgIpc) is 2.49. The van der Waals surface area contributed by atoms with Crippen molar-refractivity contribution in [3.63, 3.8) is 0 Å². The van der Waals surface area contributed by atoms with E-state index in [1.807, 2.05) is 48.5 Å². The molecule has 1 atom stereocenters. The maximum absolute atomic E-state index is 5.97. The molecule has 2 nitrogen and oxygen atoms in total. The molecule has 2 aromatic rings. The van der Waals surface area contributed by atoms with E-state index in [2.05, 4.69) is 23.1 Å². The van der Waals surface area contributed by atoms with Crippen molar-refractivity contribution in [3.05, 3.63) is 59.7 Å². The predicted octanol–water partition coefficient (Wildman–Crippen LogP) is 4.74. The van der Waals surface area contributed by atoms with Crippen molar-refractivity contribution in [2.45, 2.75) is 33.0 Å². The van der Waals surface area contributed by atoms with Crippen molar-refractivity contribution < 1.29 is 9.47 Å². The Balaban J connectivity index is 2.02. The highest BCUT2D eigenvalue weighted by atomic mass is 31.0. The summed E-state index contributed by atoms with van der Waals surface area (Å²) in [5.74, 6) is 1.70. The second-order valence-corrected chi connectivity index (χ2v) is 5.80. The van der Waals surface area contributed by atoms with Gasteiger partial charge in [0, 0.05) is 6.42 Å². The zero-order valence-electron chi connectivity index (χ0n) is 12.7. The first-order chi connectivity index (χ1) is 10.2. The molecule has 3 heteroatoms. The van der Waals surface area contributed by atoms with E-state index in [9.17, 15) is 0 Å². The van der Waals surface area contributed by atoms with Crippen LogP contribution in [-0.2, 0) is 0 Å². The first-order valence-electron chi connectivity index (χ1n) is 7.34. The number of hydrogen-bond acceptors (Lipinski definition) is 2. The van der Waals surface area contributed by atoms with Crippen LogP contribution in [0.3, 0.4) is 0 Å². The van der Waals surface area contributed by atoms with E-state index in [1.54, 1.807) is 0 Å². The highest BCUT2D eigenvalue weighted by Crippen LogP contribution is 2.20. The van der Waals surface area contributed by atoms with E-state index in [-0.39, 0.29) is 6.29 Å². The van der Waals surface area contributed by atoms with Crippen LogP contribution in [0.2, 0.25) is 0 Å². The molecule has 0 aliphatic rings. The van der Waals surface area contributed by atoms with Gasteiger partial charge in [-0.15, -0.1) is 9.24 Å². The van der Waals surface area contributed by atoms with Gasteiger partial charge in [0.25, 0.3) is 0 Å². The Labute approximate surface area is 129 Å². The maximum Gasteiger partial charge on any atom is 0.241 e. The third-order valence-electron chi connectivity index (χ3n) is 3.22. The van der Waals surface area contributed by atoms with Gasteiger partial charge in [0.15, 0.2) is 0 Å². The van der Waals surface area contributed by atoms with E-state index in [0.717, 1.165) is 30.5 Å². The summed E-state index contributed by atoms with van der Waals surface area (Å²) in [7, 11) is 2.74. The first-order valence-corrected chi connectivity index (χ1v) is 8.16. The molecule has 0 saturated heterocycles. The predicted molar refractivity (Wildman–Crippen MR) is 91.2 cm³/mol. The van der Waals surface area contributed by atoms with Crippen molar-refractivity contribution >= 4 is 9.24 Å². The van der Waals surface area contributed by atoms with Crippen molar-refractivity contribution in [2.24, 2.45) is 0 Å². The SMILES string of the molecule is Cc1ccc(OC(CCCP)Oc2ccc(C)cc2)cc1. The molecule has 2 rings (SSSR count). The number of aryl methyl sites for hydroxylation is 2. The van der Waals surface area contributed by atoms with Crippen LogP contribution >= 0.6 is 9.24 Å². The molecule has 0 spiro atoms. The Morgan fingerprint density at radius 3 is 1.62 bits per heavy atom. The summed E-state index contributed by atoms with van der Waals surface area (Å²) < 4.78 is 11.9. The summed E-state index contributed by atoms with van der Waals surface area (Å²) in [5.41, 5.74) is 2.45. The van der Waals surface area contributed by atoms with E-state index < -0.39 is 0 Å². The van der Waals surface area contributed by atoms with Crippen LogP contribution in [-0.4, -0.2) is 12.5 Å². The summed E-state index contributed by atoms with van der Waals surface area (Å²) in [6.45, 7) is 4.14. The topological polar surface area (TPSA) is 18.5 Å². The van der Waals surface area contributed by atoms with Gasteiger partial charge >= 0.3 is 0 Å². The summed E-state index contributed by atoms with van der Waals surface area (Å²) in [4.78, 5) is 0. The van der Waals surface area contributed by atoms with Gasteiger partial charge in [-0.2, -0.15) is 0 Å². The number of hydrogen-bond donors (Lipinski definition) is 0. The molecular weight excluding hydrogens is 279 g/mol. The normalized spacial score (nSPS) is 10.7. The van der Waals surface area contributed by atoms with Crippen molar-refractivity contribution in [1.82, 2.24) is 0 Å². The van der Waals surface area contributed by atoms with Gasteiger partial charge in [0.1, 0.15) is 11.5 Å². The third kappa shape index (κ3) is 5.40. The van der Waals surface area contributed by atoms with Crippen LogP contribution in [0.15, 0.2) is 48.5 Å². The van der Waals surface area contributed by atoms with E-state index in [1.165, 1.54) is 11.1 Å². The van der Waals surface area contributed by atoms with Crippen LogP contribution in [0.25, 0.3) is 0 Å². The molecule has 0 aliphatic heterocycles. The fourth-order valence-corrected chi connectivity index (χ4v) is 2.20.